The summed E-state index contributed by atoms with van der Waals surface area (Å²) in [4.78, 5) is 15.9. The Labute approximate surface area is 124 Å². The van der Waals surface area contributed by atoms with Crippen LogP contribution < -0.4 is 10.1 Å². The Morgan fingerprint density at radius 3 is 2.60 bits per heavy atom. The molecule has 0 radical (unpaired) electrons. The topological polar surface area (TPSA) is 50.7 Å². The van der Waals surface area contributed by atoms with Crippen molar-refractivity contribution in [3.8, 4) is 5.75 Å². The predicted octanol–water partition coefficient (Wildman–Crippen LogP) is 3.00. The molecule has 5 heteroatoms. The Balaban J connectivity index is 2.08. The van der Waals surface area contributed by atoms with Crippen LogP contribution in [0.1, 0.15) is 32.4 Å². The van der Waals surface area contributed by atoms with Crippen LogP contribution in [0.25, 0.3) is 0 Å². The second kappa shape index (κ2) is 6.31. The van der Waals surface area contributed by atoms with Gasteiger partial charge >= 0.3 is 0 Å². The van der Waals surface area contributed by atoms with Crippen molar-refractivity contribution in [2.75, 3.05) is 7.11 Å². The lowest BCUT2D eigenvalue weighted by atomic mass is 10.1. The molecule has 1 aromatic carbocycles. The highest BCUT2D eigenvalue weighted by Gasteiger charge is 2.31. The van der Waals surface area contributed by atoms with Gasteiger partial charge in [-0.05, 0) is 18.9 Å². The van der Waals surface area contributed by atoms with Crippen molar-refractivity contribution >= 4 is 22.8 Å². The molecule has 0 fully saturated rings. The van der Waals surface area contributed by atoms with E-state index in [9.17, 15) is 4.79 Å². The molecule has 20 heavy (non-hydrogen) atoms. The maximum Gasteiger partial charge on any atom is 0.261 e. The first-order valence-corrected chi connectivity index (χ1v) is 7.59. The average molecular weight is 292 g/mol. The summed E-state index contributed by atoms with van der Waals surface area (Å²) in [5.41, 5.74) is 1.05. The number of nitrogens with zero attached hydrogens (tertiary/aromatic N) is 1. The number of para-hydroxylation sites is 1. The maximum absolute atomic E-state index is 11.8. The molecule has 0 saturated carbocycles. The second-order valence-electron chi connectivity index (χ2n) is 5.15. The monoisotopic (exact) mass is 292 g/mol. The van der Waals surface area contributed by atoms with Gasteiger partial charge in [-0.15, -0.1) is 0 Å². The zero-order valence-electron chi connectivity index (χ0n) is 12.2. The van der Waals surface area contributed by atoms with Gasteiger partial charge in [0.2, 0.25) is 0 Å². The maximum atomic E-state index is 11.8. The van der Waals surface area contributed by atoms with Crippen LogP contribution in [0.2, 0.25) is 0 Å². The number of nitrogens with one attached hydrogen (secondary N) is 1. The third kappa shape index (κ3) is 3.15. The molecule has 0 aromatic heterocycles. The molecule has 1 aliphatic heterocycles. The number of methoxy groups -OCH3 is 1. The van der Waals surface area contributed by atoms with Crippen molar-refractivity contribution < 1.29 is 9.53 Å². The number of hydrogen-bond acceptors (Lipinski definition) is 4. The van der Waals surface area contributed by atoms with Crippen molar-refractivity contribution in [2.45, 2.75) is 32.1 Å². The molecule has 1 heterocycles. The molecule has 1 unspecified atom stereocenters. The summed E-state index contributed by atoms with van der Waals surface area (Å²) < 4.78 is 5.36. The molecule has 0 spiro atoms. The Morgan fingerprint density at radius 2 is 2.00 bits per heavy atom. The average Bonchev–Trinajstić information content (AvgIpc) is 2.79. The standard InChI is InChI=1S/C15H20N2O2S/c1-9(2)13-14(18)17-15(20-13)16-10(3)11-7-5-6-8-12(11)19-4/h5-10,13H,1-4H3,(H,16,17,18)/t10-,13?/m0/s1. The molecule has 2 atom stereocenters. The van der Waals surface area contributed by atoms with Crippen LogP contribution >= 0.6 is 11.8 Å². The van der Waals surface area contributed by atoms with Crippen LogP contribution in [0, 0.1) is 5.92 Å². The van der Waals surface area contributed by atoms with Gasteiger partial charge < -0.3 is 10.1 Å². The molecule has 0 bridgehead atoms. The highest BCUT2D eigenvalue weighted by atomic mass is 32.2. The molecule has 1 aromatic rings. The number of hydrogen-bond donors (Lipinski definition) is 1. The lowest BCUT2D eigenvalue weighted by Gasteiger charge is -2.18. The van der Waals surface area contributed by atoms with Crippen molar-refractivity contribution in [1.82, 2.24) is 5.32 Å². The van der Waals surface area contributed by atoms with Gasteiger partial charge in [-0.3, -0.25) is 4.79 Å². The Hall–Kier alpha value is -1.49. The first-order valence-electron chi connectivity index (χ1n) is 6.71. The van der Waals surface area contributed by atoms with Gasteiger partial charge in [0.05, 0.1) is 18.4 Å². The first-order chi connectivity index (χ1) is 9.52. The molecule has 1 N–H and O–H groups in total. The number of carbonyl (C=O) groups excluding carboxylic acids is 1. The zero-order valence-corrected chi connectivity index (χ0v) is 13.0. The molecule has 108 valence electrons. The quantitative estimate of drug-likeness (QED) is 0.927. The van der Waals surface area contributed by atoms with E-state index in [0.717, 1.165) is 11.3 Å². The van der Waals surface area contributed by atoms with Crippen LogP contribution in [-0.4, -0.2) is 23.4 Å². The molecular weight excluding hydrogens is 272 g/mol. The third-order valence-electron chi connectivity index (χ3n) is 3.24. The fourth-order valence-electron chi connectivity index (χ4n) is 2.14. The number of aliphatic imine (C=N–C) groups is 1. The van der Waals surface area contributed by atoms with Gasteiger partial charge in [0.15, 0.2) is 5.17 Å². The SMILES string of the molecule is COc1ccccc1[C@H](C)NC1=NC(=O)C(C(C)C)S1. The van der Waals surface area contributed by atoms with Gasteiger partial charge in [0, 0.05) is 5.56 Å². The van der Waals surface area contributed by atoms with Crippen LogP contribution in [0.5, 0.6) is 5.75 Å². The Kier molecular flexibility index (Phi) is 4.70. The van der Waals surface area contributed by atoms with Gasteiger partial charge in [-0.2, -0.15) is 4.99 Å². The van der Waals surface area contributed by atoms with Gasteiger partial charge in [-0.25, -0.2) is 0 Å². The summed E-state index contributed by atoms with van der Waals surface area (Å²) in [6, 6.07) is 7.89. The summed E-state index contributed by atoms with van der Waals surface area (Å²) in [6.45, 7) is 6.11. The molecule has 0 saturated heterocycles. The normalized spacial score (nSPS) is 19.9. The van der Waals surface area contributed by atoms with E-state index in [1.807, 2.05) is 45.0 Å². The fraction of sp³-hybridized carbons (Fsp3) is 0.467. The predicted molar refractivity (Wildman–Crippen MR) is 83.2 cm³/mol. The number of carbonyl (C=O) groups is 1. The molecule has 1 amide bonds. The number of ether oxygens (including phenoxy) is 1. The van der Waals surface area contributed by atoms with E-state index in [2.05, 4.69) is 10.3 Å². The highest BCUT2D eigenvalue weighted by molar-refractivity contribution is 8.15. The van der Waals surface area contributed by atoms with Gasteiger partial charge in [-0.1, -0.05) is 43.8 Å². The minimum absolute atomic E-state index is 0.0381. The van der Waals surface area contributed by atoms with Crippen LogP contribution in [0.15, 0.2) is 29.3 Å². The lowest BCUT2D eigenvalue weighted by molar-refractivity contribution is -0.117. The van der Waals surface area contributed by atoms with Crippen molar-refractivity contribution in [2.24, 2.45) is 10.9 Å². The van der Waals surface area contributed by atoms with Gasteiger partial charge in [0.1, 0.15) is 5.75 Å². The third-order valence-corrected chi connectivity index (χ3v) is 4.68. The van der Waals surface area contributed by atoms with E-state index in [4.69, 9.17) is 4.74 Å². The van der Waals surface area contributed by atoms with E-state index in [-0.39, 0.29) is 23.1 Å². The number of thioether (sulfide) groups is 1. The van der Waals surface area contributed by atoms with E-state index in [1.54, 1.807) is 7.11 Å². The van der Waals surface area contributed by atoms with Crippen molar-refractivity contribution in [3.05, 3.63) is 29.8 Å². The number of rotatable bonds is 4. The summed E-state index contributed by atoms with van der Waals surface area (Å²) in [5, 5.41) is 3.93. The minimum atomic E-state index is -0.0673. The lowest BCUT2D eigenvalue weighted by Crippen LogP contribution is -2.24. The molecule has 1 aliphatic rings. The van der Waals surface area contributed by atoms with Crippen molar-refractivity contribution in [1.29, 1.82) is 0 Å². The Morgan fingerprint density at radius 1 is 1.30 bits per heavy atom. The number of amidine groups is 1. The smallest absolute Gasteiger partial charge is 0.261 e. The molecule has 4 nitrogen and oxygen atoms in total. The molecule has 0 aliphatic carbocycles. The molecular formula is C15H20N2O2S. The van der Waals surface area contributed by atoms with Crippen LogP contribution in [-0.2, 0) is 4.79 Å². The van der Waals surface area contributed by atoms with Crippen LogP contribution in [0.3, 0.4) is 0 Å². The van der Waals surface area contributed by atoms with E-state index in [1.165, 1.54) is 11.8 Å². The second-order valence-corrected chi connectivity index (χ2v) is 6.28. The number of amides is 1. The van der Waals surface area contributed by atoms with E-state index >= 15 is 0 Å². The van der Waals surface area contributed by atoms with Gasteiger partial charge in [0.25, 0.3) is 5.91 Å². The fourth-order valence-corrected chi connectivity index (χ4v) is 3.19. The summed E-state index contributed by atoms with van der Waals surface area (Å²) in [7, 11) is 1.66. The van der Waals surface area contributed by atoms with Crippen molar-refractivity contribution in [3.63, 3.8) is 0 Å². The zero-order chi connectivity index (χ0) is 14.7. The molecule has 2 rings (SSSR count). The number of benzene rings is 1. The van der Waals surface area contributed by atoms with E-state index < -0.39 is 0 Å². The highest BCUT2D eigenvalue weighted by Crippen LogP contribution is 2.30. The van der Waals surface area contributed by atoms with Crippen LogP contribution in [0.4, 0.5) is 0 Å². The first kappa shape index (κ1) is 14.9. The largest absolute Gasteiger partial charge is 0.496 e. The Bertz CT molecular complexity index is 528. The summed E-state index contributed by atoms with van der Waals surface area (Å²) in [6.07, 6.45) is 0. The van der Waals surface area contributed by atoms with E-state index in [0.29, 0.717) is 5.17 Å². The summed E-state index contributed by atoms with van der Waals surface area (Å²) >= 11 is 1.51. The summed E-state index contributed by atoms with van der Waals surface area (Å²) in [5.74, 6) is 1.08. The minimum Gasteiger partial charge on any atom is -0.496 e.